The number of benzene rings is 1. The summed E-state index contributed by atoms with van der Waals surface area (Å²) in [5.74, 6) is -0.628. The fourth-order valence-electron chi connectivity index (χ4n) is 1.67. The minimum atomic E-state index is -0.782. The third-order valence-corrected chi connectivity index (χ3v) is 2.66. The van der Waals surface area contributed by atoms with Gasteiger partial charge in [-0.25, -0.2) is 4.98 Å². The van der Waals surface area contributed by atoms with E-state index in [4.69, 9.17) is 4.74 Å². The first-order valence-corrected chi connectivity index (χ1v) is 6.28. The number of amides is 2. The maximum Gasteiger partial charge on any atom is 0.315 e. The van der Waals surface area contributed by atoms with Crippen molar-refractivity contribution in [1.82, 2.24) is 4.98 Å². The highest BCUT2D eigenvalue weighted by atomic mass is 16.5. The monoisotopic (exact) mass is 285 g/mol. The molecule has 21 heavy (non-hydrogen) atoms. The number of methoxy groups -OCH3 is 1. The Morgan fingerprint density at radius 3 is 2.48 bits per heavy atom. The normalized spacial score (nSPS) is 9.81. The van der Waals surface area contributed by atoms with Crippen LogP contribution in [0.4, 0.5) is 11.5 Å². The molecule has 6 nitrogen and oxygen atoms in total. The molecule has 0 fully saturated rings. The highest BCUT2D eigenvalue weighted by Gasteiger charge is 2.14. The summed E-state index contributed by atoms with van der Waals surface area (Å²) < 4.78 is 5.04. The van der Waals surface area contributed by atoms with Crippen molar-refractivity contribution >= 4 is 23.3 Å². The van der Waals surface area contributed by atoms with E-state index in [2.05, 4.69) is 15.6 Å². The molecule has 0 spiro atoms. The fourth-order valence-corrected chi connectivity index (χ4v) is 1.67. The van der Waals surface area contributed by atoms with E-state index in [0.29, 0.717) is 17.3 Å². The number of carbonyl (C=O) groups excluding carboxylic acids is 2. The lowest BCUT2D eigenvalue weighted by Crippen LogP contribution is -2.29. The van der Waals surface area contributed by atoms with Gasteiger partial charge in [-0.3, -0.25) is 9.59 Å². The van der Waals surface area contributed by atoms with Crippen LogP contribution in [-0.4, -0.2) is 23.9 Å². The van der Waals surface area contributed by atoms with Crippen molar-refractivity contribution < 1.29 is 14.3 Å². The van der Waals surface area contributed by atoms with Crippen molar-refractivity contribution in [2.75, 3.05) is 17.7 Å². The summed E-state index contributed by atoms with van der Waals surface area (Å²) in [5, 5.41) is 4.93. The van der Waals surface area contributed by atoms with Gasteiger partial charge in [-0.1, -0.05) is 12.1 Å². The lowest BCUT2D eigenvalue weighted by molar-refractivity contribution is -0.133. The van der Waals surface area contributed by atoms with E-state index in [-0.39, 0.29) is 0 Å². The Kier molecular flexibility index (Phi) is 4.50. The van der Waals surface area contributed by atoms with Gasteiger partial charge in [0.1, 0.15) is 11.6 Å². The van der Waals surface area contributed by atoms with Gasteiger partial charge in [0.15, 0.2) is 0 Å². The molecule has 0 aliphatic heterocycles. The number of carbonyl (C=O) groups is 2. The second-order valence-electron chi connectivity index (χ2n) is 4.30. The first kappa shape index (κ1) is 14.5. The maximum absolute atomic E-state index is 11.8. The average molecular weight is 285 g/mol. The molecular weight excluding hydrogens is 270 g/mol. The van der Waals surface area contributed by atoms with Crippen molar-refractivity contribution in [1.29, 1.82) is 0 Å². The van der Waals surface area contributed by atoms with E-state index in [0.717, 1.165) is 5.69 Å². The highest BCUT2D eigenvalue weighted by Crippen LogP contribution is 2.16. The molecule has 2 amide bonds. The van der Waals surface area contributed by atoms with Gasteiger partial charge in [-0.2, -0.15) is 0 Å². The molecule has 2 rings (SSSR count). The molecule has 0 saturated carbocycles. The summed E-state index contributed by atoms with van der Waals surface area (Å²) >= 11 is 0. The van der Waals surface area contributed by atoms with Crippen LogP contribution in [-0.2, 0) is 9.59 Å². The molecule has 1 aromatic carbocycles. The number of nitrogens with one attached hydrogen (secondary N) is 2. The Labute approximate surface area is 122 Å². The predicted octanol–water partition coefficient (Wildman–Crippen LogP) is 1.98. The number of hydrogen-bond donors (Lipinski definition) is 2. The van der Waals surface area contributed by atoms with Gasteiger partial charge in [-0.05, 0) is 31.2 Å². The number of rotatable bonds is 3. The Morgan fingerprint density at radius 1 is 1.05 bits per heavy atom. The molecule has 0 aliphatic carbocycles. The number of ether oxygens (including phenoxy) is 1. The van der Waals surface area contributed by atoms with Crippen LogP contribution in [0.1, 0.15) is 5.69 Å². The van der Waals surface area contributed by atoms with E-state index in [1.54, 1.807) is 49.4 Å². The van der Waals surface area contributed by atoms with Gasteiger partial charge in [-0.15, -0.1) is 0 Å². The molecule has 2 aromatic rings. The number of pyridine rings is 1. The molecular formula is C15H15N3O3. The van der Waals surface area contributed by atoms with E-state index < -0.39 is 11.8 Å². The zero-order valence-corrected chi connectivity index (χ0v) is 11.7. The Balaban J connectivity index is 2.01. The molecule has 0 radical (unpaired) electrons. The molecule has 2 N–H and O–H groups in total. The van der Waals surface area contributed by atoms with Crippen molar-refractivity contribution in [2.45, 2.75) is 6.92 Å². The summed E-state index contributed by atoms with van der Waals surface area (Å²) in [6.45, 7) is 1.80. The smallest absolute Gasteiger partial charge is 0.315 e. The number of aryl methyl sites for hydroxylation is 1. The number of hydrogen-bond acceptors (Lipinski definition) is 4. The van der Waals surface area contributed by atoms with Crippen molar-refractivity contribution in [3.05, 3.63) is 48.2 Å². The topological polar surface area (TPSA) is 80.3 Å². The lowest BCUT2D eigenvalue weighted by Gasteiger charge is -2.07. The lowest BCUT2D eigenvalue weighted by atomic mass is 10.3. The minimum absolute atomic E-state index is 0.334. The van der Waals surface area contributed by atoms with Gasteiger partial charge in [0.25, 0.3) is 0 Å². The van der Waals surface area contributed by atoms with Crippen LogP contribution >= 0.6 is 0 Å². The second-order valence-corrected chi connectivity index (χ2v) is 4.30. The van der Waals surface area contributed by atoms with Crippen molar-refractivity contribution in [2.24, 2.45) is 0 Å². The van der Waals surface area contributed by atoms with Crippen LogP contribution in [0.5, 0.6) is 5.75 Å². The van der Waals surface area contributed by atoms with Crippen LogP contribution in [0.3, 0.4) is 0 Å². The zero-order valence-electron chi connectivity index (χ0n) is 11.7. The van der Waals surface area contributed by atoms with Crippen LogP contribution in [0.15, 0.2) is 42.5 Å². The SMILES string of the molecule is COc1cccc(NC(=O)C(=O)Nc2cccc(C)n2)c1. The van der Waals surface area contributed by atoms with E-state index in [9.17, 15) is 9.59 Å². The molecule has 1 aromatic heterocycles. The van der Waals surface area contributed by atoms with Crippen LogP contribution in [0, 0.1) is 6.92 Å². The quantitative estimate of drug-likeness (QED) is 0.845. The maximum atomic E-state index is 11.8. The number of nitrogens with zero attached hydrogens (tertiary/aromatic N) is 1. The van der Waals surface area contributed by atoms with Crippen LogP contribution < -0.4 is 15.4 Å². The first-order chi connectivity index (χ1) is 10.1. The van der Waals surface area contributed by atoms with Gasteiger partial charge in [0, 0.05) is 17.4 Å². The third kappa shape index (κ3) is 4.04. The highest BCUT2D eigenvalue weighted by molar-refractivity contribution is 6.43. The summed E-state index contributed by atoms with van der Waals surface area (Å²) in [7, 11) is 1.52. The Hall–Kier alpha value is -2.89. The average Bonchev–Trinajstić information content (AvgIpc) is 2.47. The summed E-state index contributed by atoms with van der Waals surface area (Å²) in [6, 6.07) is 11.9. The summed E-state index contributed by atoms with van der Waals surface area (Å²) in [4.78, 5) is 27.7. The Bertz CT molecular complexity index is 671. The molecule has 0 unspecified atom stereocenters. The molecule has 108 valence electrons. The number of aromatic nitrogens is 1. The first-order valence-electron chi connectivity index (χ1n) is 6.28. The molecule has 6 heteroatoms. The molecule has 0 aliphatic rings. The van der Waals surface area contributed by atoms with Crippen LogP contribution in [0.25, 0.3) is 0 Å². The van der Waals surface area contributed by atoms with Gasteiger partial charge in [0.05, 0.1) is 7.11 Å². The standard InChI is InChI=1S/C15H15N3O3/c1-10-5-3-8-13(16-10)18-15(20)14(19)17-11-6-4-7-12(9-11)21-2/h3-9H,1-2H3,(H,17,19)(H,16,18,20). The van der Waals surface area contributed by atoms with E-state index >= 15 is 0 Å². The predicted molar refractivity (Wildman–Crippen MR) is 79.2 cm³/mol. The van der Waals surface area contributed by atoms with E-state index in [1.807, 2.05) is 0 Å². The minimum Gasteiger partial charge on any atom is -0.497 e. The Morgan fingerprint density at radius 2 is 1.76 bits per heavy atom. The molecule has 0 atom stereocenters. The van der Waals surface area contributed by atoms with Crippen LogP contribution in [0.2, 0.25) is 0 Å². The van der Waals surface area contributed by atoms with Crippen molar-refractivity contribution in [3.63, 3.8) is 0 Å². The number of anilines is 2. The summed E-state index contributed by atoms with van der Waals surface area (Å²) in [6.07, 6.45) is 0. The fraction of sp³-hybridized carbons (Fsp3) is 0.133. The van der Waals surface area contributed by atoms with Crippen molar-refractivity contribution in [3.8, 4) is 5.75 Å². The zero-order chi connectivity index (χ0) is 15.2. The van der Waals surface area contributed by atoms with Gasteiger partial charge in [0.2, 0.25) is 0 Å². The largest absolute Gasteiger partial charge is 0.497 e. The third-order valence-electron chi connectivity index (χ3n) is 2.66. The van der Waals surface area contributed by atoms with Gasteiger partial charge >= 0.3 is 11.8 Å². The molecule has 0 saturated heterocycles. The molecule has 0 bridgehead atoms. The molecule has 1 heterocycles. The van der Waals surface area contributed by atoms with Gasteiger partial charge < -0.3 is 15.4 Å². The summed E-state index contributed by atoms with van der Waals surface area (Å²) in [5.41, 5.74) is 1.23. The van der Waals surface area contributed by atoms with E-state index in [1.165, 1.54) is 7.11 Å². The second kappa shape index (κ2) is 6.51.